The van der Waals surface area contributed by atoms with Crippen LogP contribution < -0.4 is 10.6 Å². The minimum atomic E-state index is -2.91. The summed E-state index contributed by atoms with van der Waals surface area (Å²) < 4.78 is 23.1. The van der Waals surface area contributed by atoms with Crippen molar-refractivity contribution in [3.05, 3.63) is 23.9 Å². The SMILES string of the molecule is NC(=S)c1ccnc(N2CCCS(=O)(=O)CC2)c1. The van der Waals surface area contributed by atoms with E-state index in [4.69, 9.17) is 18.0 Å². The van der Waals surface area contributed by atoms with Gasteiger partial charge in [0.05, 0.1) is 11.5 Å². The van der Waals surface area contributed by atoms with E-state index in [0.29, 0.717) is 24.5 Å². The lowest BCUT2D eigenvalue weighted by molar-refractivity contribution is 0.597. The van der Waals surface area contributed by atoms with Gasteiger partial charge in [-0.05, 0) is 18.6 Å². The van der Waals surface area contributed by atoms with Gasteiger partial charge in [0.15, 0.2) is 9.84 Å². The quantitative estimate of drug-likeness (QED) is 0.790. The van der Waals surface area contributed by atoms with Crippen LogP contribution in [0.1, 0.15) is 12.0 Å². The smallest absolute Gasteiger partial charge is 0.152 e. The number of rotatable bonds is 2. The molecule has 1 aromatic heterocycles. The molecular formula is C11H15N3O2S2. The third-order valence-corrected chi connectivity index (χ3v) is 4.86. The number of sulfone groups is 1. The van der Waals surface area contributed by atoms with Crippen molar-refractivity contribution in [3.8, 4) is 0 Å². The second kappa shape index (κ2) is 5.19. The maximum atomic E-state index is 11.5. The van der Waals surface area contributed by atoms with E-state index in [9.17, 15) is 8.42 Å². The molecule has 0 radical (unpaired) electrons. The van der Waals surface area contributed by atoms with Crippen molar-refractivity contribution in [2.45, 2.75) is 6.42 Å². The molecular weight excluding hydrogens is 270 g/mol. The molecule has 18 heavy (non-hydrogen) atoms. The minimum absolute atomic E-state index is 0.173. The fourth-order valence-electron chi connectivity index (χ4n) is 1.91. The third-order valence-electron chi connectivity index (χ3n) is 2.91. The fraction of sp³-hybridized carbons (Fsp3) is 0.455. The highest BCUT2D eigenvalue weighted by Gasteiger charge is 2.20. The van der Waals surface area contributed by atoms with E-state index in [0.717, 1.165) is 11.4 Å². The fourth-order valence-corrected chi connectivity index (χ4v) is 3.31. The van der Waals surface area contributed by atoms with E-state index in [1.54, 1.807) is 18.3 Å². The second-order valence-corrected chi connectivity index (χ2v) is 7.00. The molecule has 0 unspecified atom stereocenters. The van der Waals surface area contributed by atoms with E-state index in [1.807, 2.05) is 4.90 Å². The Bertz CT molecular complexity index is 557. The number of hydrogen-bond acceptors (Lipinski definition) is 5. The predicted molar refractivity (Wildman–Crippen MR) is 75.6 cm³/mol. The third kappa shape index (κ3) is 3.17. The molecule has 1 aliphatic heterocycles. The van der Waals surface area contributed by atoms with E-state index in [-0.39, 0.29) is 11.5 Å². The molecule has 1 aromatic rings. The first kappa shape index (κ1) is 13.2. The van der Waals surface area contributed by atoms with Gasteiger partial charge in [0.25, 0.3) is 0 Å². The van der Waals surface area contributed by atoms with Crippen LogP contribution in [0.3, 0.4) is 0 Å². The molecule has 5 nitrogen and oxygen atoms in total. The Balaban J connectivity index is 2.21. The molecule has 0 aliphatic carbocycles. The van der Waals surface area contributed by atoms with Crippen molar-refractivity contribution in [2.75, 3.05) is 29.5 Å². The summed E-state index contributed by atoms with van der Waals surface area (Å²) in [5.74, 6) is 1.15. The normalized spacial score (nSPS) is 19.2. The van der Waals surface area contributed by atoms with E-state index < -0.39 is 9.84 Å². The zero-order valence-electron chi connectivity index (χ0n) is 9.87. The van der Waals surface area contributed by atoms with E-state index >= 15 is 0 Å². The summed E-state index contributed by atoms with van der Waals surface area (Å²) in [6, 6.07) is 3.56. The van der Waals surface area contributed by atoms with Crippen LogP contribution >= 0.6 is 12.2 Å². The average molecular weight is 285 g/mol. The van der Waals surface area contributed by atoms with Crippen LogP contribution in [0.2, 0.25) is 0 Å². The summed E-state index contributed by atoms with van der Waals surface area (Å²) in [5.41, 5.74) is 6.33. The summed E-state index contributed by atoms with van der Waals surface area (Å²) in [4.78, 5) is 6.54. The molecule has 0 aromatic carbocycles. The van der Waals surface area contributed by atoms with Gasteiger partial charge < -0.3 is 10.6 Å². The summed E-state index contributed by atoms with van der Waals surface area (Å²) >= 11 is 4.92. The first-order valence-corrected chi connectivity index (χ1v) is 7.92. The molecule has 2 rings (SSSR count). The molecule has 0 saturated carbocycles. The zero-order valence-corrected chi connectivity index (χ0v) is 11.5. The maximum absolute atomic E-state index is 11.5. The van der Waals surface area contributed by atoms with Crippen molar-refractivity contribution in [2.24, 2.45) is 5.73 Å². The Labute approximate surface area is 112 Å². The number of thiocarbonyl (C=S) groups is 1. The van der Waals surface area contributed by atoms with Gasteiger partial charge >= 0.3 is 0 Å². The Morgan fingerprint density at radius 1 is 1.39 bits per heavy atom. The second-order valence-electron chi connectivity index (χ2n) is 4.26. The van der Waals surface area contributed by atoms with Gasteiger partial charge in [0, 0.05) is 24.8 Å². The number of pyridine rings is 1. The molecule has 2 N–H and O–H groups in total. The van der Waals surface area contributed by atoms with Crippen LogP contribution in [0.25, 0.3) is 0 Å². The van der Waals surface area contributed by atoms with Crippen LogP contribution in [0.5, 0.6) is 0 Å². The lowest BCUT2D eigenvalue weighted by atomic mass is 10.2. The van der Waals surface area contributed by atoms with Gasteiger partial charge in [-0.15, -0.1) is 0 Å². The van der Waals surface area contributed by atoms with Crippen LogP contribution in [0.15, 0.2) is 18.3 Å². The lowest BCUT2D eigenvalue weighted by Crippen LogP contribution is -2.28. The summed E-state index contributed by atoms with van der Waals surface area (Å²) in [6.45, 7) is 1.16. The van der Waals surface area contributed by atoms with E-state index in [2.05, 4.69) is 4.98 Å². The largest absolute Gasteiger partial charge is 0.389 e. The Hall–Kier alpha value is -1.21. The monoisotopic (exact) mass is 285 g/mol. The lowest BCUT2D eigenvalue weighted by Gasteiger charge is -2.21. The molecule has 0 spiro atoms. The maximum Gasteiger partial charge on any atom is 0.152 e. The number of anilines is 1. The highest BCUT2D eigenvalue weighted by Crippen LogP contribution is 2.16. The topological polar surface area (TPSA) is 76.3 Å². The van der Waals surface area contributed by atoms with Gasteiger partial charge in [-0.25, -0.2) is 13.4 Å². The Morgan fingerprint density at radius 2 is 2.17 bits per heavy atom. The molecule has 2 heterocycles. The van der Waals surface area contributed by atoms with Gasteiger partial charge in [-0.2, -0.15) is 0 Å². The predicted octanol–water partition coefficient (Wildman–Crippen LogP) is 0.341. The number of hydrogen-bond donors (Lipinski definition) is 1. The van der Waals surface area contributed by atoms with Crippen molar-refractivity contribution in [1.29, 1.82) is 0 Å². The molecule has 98 valence electrons. The van der Waals surface area contributed by atoms with Crippen molar-refractivity contribution in [3.63, 3.8) is 0 Å². The van der Waals surface area contributed by atoms with Gasteiger partial charge in [0.1, 0.15) is 10.8 Å². The first-order chi connectivity index (χ1) is 8.48. The van der Waals surface area contributed by atoms with Gasteiger partial charge in [0.2, 0.25) is 0 Å². The van der Waals surface area contributed by atoms with Crippen LogP contribution in [0, 0.1) is 0 Å². The molecule has 0 atom stereocenters. The molecule has 0 bridgehead atoms. The zero-order chi connectivity index (χ0) is 13.2. The van der Waals surface area contributed by atoms with Crippen molar-refractivity contribution < 1.29 is 8.42 Å². The summed E-state index contributed by atoms with van der Waals surface area (Å²) in [5, 5.41) is 0. The van der Waals surface area contributed by atoms with Gasteiger partial charge in [-0.1, -0.05) is 12.2 Å². The molecule has 1 aliphatic rings. The number of nitrogens with two attached hydrogens (primary N) is 1. The minimum Gasteiger partial charge on any atom is -0.389 e. The Morgan fingerprint density at radius 3 is 2.89 bits per heavy atom. The molecule has 7 heteroatoms. The molecule has 1 fully saturated rings. The standard InChI is InChI=1S/C11H15N3O2S2/c12-11(17)9-2-3-13-10(8-9)14-4-1-6-18(15,16)7-5-14/h2-3,8H,1,4-7H2,(H2,12,17). The van der Waals surface area contributed by atoms with Crippen LogP contribution in [-0.2, 0) is 9.84 Å². The molecule has 0 amide bonds. The highest BCUT2D eigenvalue weighted by atomic mass is 32.2. The number of aromatic nitrogens is 1. The van der Waals surface area contributed by atoms with Crippen molar-refractivity contribution in [1.82, 2.24) is 4.98 Å². The summed E-state index contributed by atoms with van der Waals surface area (Å²) in [7, 11) is -2.91. The Kier molecular flexibility index (Phi) is 3.82. The van der Waals surface area contributed by atoms with Crippen LogP contribution in [0.4, 0.5) is 5.82 Å². The molecule has 1 saturated heterocycles. The first-order valence-electron chi connectivity index (χ1n) is 5.69. The van der Waals surface area contributed by atoms with Crippen LogP contribution in [-0.4, -0.2) is 43.0 Å². The van der Waals surface area contributed by atoms with Gasteiger partial charge in [-0.3, -0.25) is 0 Å². The summed E-state index contributed by atoms with van der Waals surface area (Å²) in [6.07, 6.45) is 2.27. The highest BCUT2D eigenvalue weighted by molar-refractivity contribution is 7.91. The van der Waals surface area contributed by atoms with E-state index in [1.165, 1.54) is 0 Å². The number of nitrogens with zero attached hydrogens (tertiary/aromatic N) is 2. The van der Waals surface area contributed by atoms with Crippen molar-refractivity contribution >= 4 is 32.9 Å². The average Bonchev–Trinajstić information content (AvgIpc) is 2.50.